The molecule has 0 aliphatic carbocycles. The molecule has 2 N–H and O–H groups in total. The van der Waals surface area contributed by atoms with Crippen LogP contribution in [0.4, 0.5) is 0 Å². The van der Waals surface area contributed by atoms with Gasteiger partial charge in [0, 0.05) is 0 Å². The minimum Gasteiger partial charge on any atom is -0.467 e. The summed E-state index contributed by atoms with van der Waals surface area (Å²) in [6, 6.07) is 0. The van der Waals surface area contributed by atoms with E-state index in [1.165, 1.54) is 7.11 Å². The number of hydrogen-bond donors (Lipinski definition) is 1. The highest BCUT2D eigenvalue weighted by molar-refractivity contribution is 5.72. The summed E-state index contributed by atoms with van der Waals surface area (Å²) >= 11 is 0. The first-order valence-corrected chi connectivity index (χ1v) is 2.74. The van der Waals surface area contributed by atoms with Gasteiger partial charge in [-0.1, -0.05) is 0 Å². The van der Waals surface area contributed by atoms with Crippen LogP contribution in [0.3, 0.4) is 0 Å². The van der Waals surface area contributed by atoms with E-state index < -0.39 is 11.9 Å². The highest BCUT2D eigenvalue weighted by Gasteiger charge is 2.03. The summed E-state index contributed by atoms with van der Waals surface area (Å²) in [5.41, 5.74) is 0. The normalized spacial score (nSPS) is 8.91. The molecule has 0 bridgehead atoms. The first kappa shape index (κ1) is 9.86. The Labute approximate surface area is 63.2 Å². The van der Waals surface area contributed by atoms with Crippen molar-refractivity contribution in [3.63, 3.8) is 0 Å². The van der Waals surface area contributed by atoms with Crippen LogP contribution in [0.5, 0.6) is 0 Å². The topological polar surface area (TPSA) is 87.8 Å². The van der Waals surface area contributed by atoms with Crippen LogP contribution in [0.2, 0.25) is 0 Å². The van der Waals surface area contributed by atoms with Gasteiger partial charge in [-0.3, -0.25) is 0 Å². The van der Waals surface area contributed by atoms with Gasteiger partial charge in [-0.05, 0) is 0 Å². The lowest BCUT2D eigenvalue weighted by atomic mass is 10.7. The van der Waals surface area contributed by atoms with Crippen LogP contribution in [0.25, 0.3) is 0 Å². The van der Waals surface area contributed by atoms with Gasteiger partial charge in [-0.15, -0.1) is 0 Å². The molecule has 0 rings (SSSR count). The van der Waals surface area contributed by atoms with Gasteiger partial charge < -0.3 is 14.3 Å². The average Bonchev–Trinajstić information content (AvgIpc) is 2.04. The molecule has 0 radical (unpaired) electrons. The molecule has 64 valence electrons. The van der Waals surface area contributed by atoms with Gasteiger partial charge >= 0.3 is 11.9 Å². The fourth-order valence-electron chi connectivity index (χ4n) is 0.311. The summed E-state index contributed by atoms with van der Waals surface area (Å²) < 4.78 is 8.73. The molecule has 0 saturated carbocycles. The lowest BCUT2D eigenvalue weighted by molar-refractivity contribution is -0.154. The lowest BCUT2D eigenvalue weighted by Gasteiger charge is -1.99. The Morgan fingerprint density at radius 1 is 1.27 bits per heavy atom. The van der Waals surface area contributed by atoms with Crippen molar-refractivity contribution in [3.8, 4) is 0 Å². The second-order valence-corrected chi connectivity index (χ2v) is 1.56. The van der Waals surface area contributed by atoms with E-state index in [1.54, 1.807) is 0 Å². The number of hydrogen-bond acceptors (Lipinski definition) is 6. The fraction of sp³-hybridized carbons (Fsp3) is 0.600. The third kappa shape index (κ3) is 5.31. The van der Waals surface area contributed by atoms with Crippen molar-refractivity contribution in [2.75, 3.05) is 20.3 Å². The molecule has 6 heteroatoms. The van der Waals surface area contributed by atoms with Crippen LogP contribution in [0.15, 0.2) is 0 Å². The predicted molar refractivity (Wildman–Crippen MR) is 33.1 cm³/mol. The number of carbonyl (C=O) groups excluding carboxylic acids is 2. The van der Waals surface area contributed by atoms with Crippen molar-refractivity contribution >= 4 is 11.9 Å². The second-order valence-electron chi connectivity index (χ2n) is 1.56. The summed E-state index contributed by atoms with van der Waals surface area (Å²) in [6.45, 7) is -0.642. The van der Waals surface area contributed by atoms with Gasteiger partial charge in [-0.2, -0.15) is 5.90 Å². The Bertz CT molecular complexity index is 130. The largest absolute Gasteiger partial charge is 0.467 e. The van der Waals surface area contributed by atoms with Crippen LogP contribution in [0, 0.1) is 0 Å². The lowest BCUT2D eigenvalue weighted by Crippen LogP contribution is -2.19. The van der Waals surface area contributed by atoms with Crippen LogP contribution >= 0.6 is 0 Å². The minimum atomic E-state index is -0.742. The average molecular weight is 163 g/mol. The monoisotopic (exact) mass is 163 g/mol. The molecular weight excluding hydrogens is 154 g/mol. The maximum atomic E-state index is 10.4. The number of esters is 1. The maximum Gasteiger partial charge on any atom is 0.350 e. The van der Waals surface area contributed by atoms with Gasteiger partial charge in [0.25, 0.3) is 0 Å². The Hall–Kier alpha value is -1.14. The first-order chi connectivity index (χ1) is 5.20. The highest BCUT2D eigenvalue weighted by Crippen LogP contribution is 1.79. The highest BCUT2D eigenvalue weighted by atomic mass is 16.7. The van der Waals surface area contributed by atoms with E-state index in [0.29, 0.717) is 0 Å². The zero-order valence-electron chi connectivity index (χ0n) is 6.03. The van der Waals surface area contributed by atoms with E-state index in [1.807, 2.05) is 0 Å². The summed E-state index contributed by atoms with van der Waals surface area (Å²) in [6.07, 6.45) is 0. The van der Waals surface area contributed by atoms with Crippen molar-refractivity contribution in [1.29, 1.82) is 0 Å². The molecule has 0 aromatic rings. The molecule has 0 unspecified atom stereocenters. The van der Waals surface area contributed by atoms with Gasteiger partial charge in [-0.25, -0.2) is 9.59 Å². The SMILES string of the molecule is COC(=O)COCC(=O)ON. The van der Waals surface area contributed by atoms with Crippen molar-refractivity contribution < 1.29 is 23.9 Å². The molecule has 0 aromatic carbocycles. The number of carbonyl (C=O) groups is 2. The molecule has 0 spiro atoms. The smallest absolute Gasteiger partial charge is 0.350 e. The Kier molecular flexibility index (Phi) is 5.05. The Morgan fingerprint density at radius 3 is 2.27 bits per heavy atom. The number of rotatable bonds is 4. The van der Waals surface area contributed by atoms with Crippen LogP contribution in [0.1, 0.15) is 0 Å². The summed E-state index contributed by atoms with van der Waals surface area (Å²) in [7, 11) is 1.22. The quantitative estimate of drug-likeness (QED) is 0.404. The summed E-state index contributed by atoms with van der Waals surface area (Å²) in [5.74, 6) is 3.17. The molecule has 0 aromatic heterocycles. The van der Waals surface area contributed by atoms with Gasteiger partial charge in [0.2, 0.25) is 0 Å². The molecule has 0 atom stereocenters. The second kappa shape index (κ2) is 5.63. The van der Waals surface area contributed by atoms with Gasteiger partial charge in [0.05, 0.1) is 7.11 Å². The molecule has 11 heavy (non-hydrogen) atoms. The zero-order valence-corrected chi connectivity index (χ0v) is 6.03. The summed E-state index contributed by atoms with van der Waals surface area (Å²) in [5, 5.41) is 0. The van der Waals surface area contributed by atoms with Gasteiger partial charge in [0.1, 0.15) is 13.2 Å². The number of methoxy groups -OCH3 is 1. The summed E-state index contributed by atoms with van der Waals surface area (Å²) in [4.78, 5) is 24.4. The first-order valence-electron chi connectivity index (χ1n) is 2.74. The molecule has 0 saturated heterocycles. The van der Waals surface area contributed by atoms with Crippen LogP contribution < -0.4 is 5.90 Å². The van der Waals surface area contributed by atoms with Crippen molar-refractivity contribution in [2.45, 2.75) is 0 Å². The van der Waals surface area contributed by atoms with E-state index in [-0.39, 0.29) is 13.2 Å². The van der Waals surface area contributed by atoms with E-state index in [2.05, 4.69) is 20.2 Å². The molecular formula is C5H9NO5. The van der Waals surface area contributed by atoms with E-state index in [4.69, 9.17) is 0 Å². The van der Waals surface area contributed by atoms with Crippen molar-refractivity contribution in [3.05, 3.63) is 0 Å². The maximum absolute atomic E-state index is 10.4. The molecule has 0 amide bonds. The van der Waals surface area contributed by atoms with Crippen LogP contribution in [-0.2, 0) is 23.9 Å². The van der Waals surface area contributed by atoms with Crippen molar-refractivity contribution in [1.82, 2.24) is 0 Å². The Morgan fingerprint density at radius 2 is 1.82 bits per heavy atom. The van der Waals surface area contributed by atoms with E-state index >= 15 is 0 Å². The fourth-order valence-corrected chi connectivity index (χ4v) is 0.311. The van der Waals surface area contributed by atoms with E-state index in [9.17, 15) is 9.59 Å². The molecule has 0 aliphatic rings. The molecule has 6 nitrogen and oxygen atoms in total. The molecule has 0 fully saturated rings. The number of ether oxygens (including phenoxy) is 2. The predicted octanol–water partition coefficient (Wildman–Crippen LogP) is -1.41. The minimum absolute atomic E-state index is 0.286. The Balaban J connectivity index is 3.27. The molecule has 0 aliphatic heterocycles. The number of nitrogens with two attached hydrogens (primary N) is 1. The molecule has 0 heterocycles. The van der Waals surface area contributed by atoms with E-state index in [0.717, 1.165) is 0 Å². The van der Waals surface area contributed by atoms with Crippen LogP contribution in [-0.4, -0.2) is 32.3 Å². The zero-order chi connectivity index (χ0) is 8.69. The standard InChI is InChI=1S/C5H9NO5/c1-9-4(7)2-10-3-5(8)11-6/h2-3,6H2,1H3. The van der Waals surface area contributed by atoms with Crippen molar-refractivity contribution in [2.24, 2.45) is 5.90 Å². The third-order valence-corrected chi connectivity index (χ3v) is 0.799. The third-order valence-electron chi connectivity index (χ3n) is 0.799. The van der Waals surface area contributed by atoms with Gasteiger partial charge in [0.15, 0.2) is 0 Å².